The van der Waals surface area contributed by atoms with Gasteiger partial charge >= 0.3 is 23.4 Å². The summed E-state index contributed by atoms with van der Waals surface area (Å²) in [4.78, 5) is 35.1. The van der Waals surface area contributed by atoms with Crippen LogP contribution in [0.1, 0.15) is 0 Å². The molecule has 0 saturated carbocycles. The molecule has 0 spiro atoms. The van der Waals surface area contributed by atoms with Gasteiger partial charge in [0.05, 0.1) is 13.2 Å². The quantitative estimate of drug-likeness (QED) is 0.352. The Labute approximate surface area is 127 Å². The number of nitrogens with one attached hydrogen (secondary N) is 2. The third-order valence-electron chi connectivity index (χ3n) is 3.37. The van der Waals surface area contributed by atoms with Gasteiger partial charge in [0.2, 0.25) is 0 Å². The van der Waals surface area contributed by atoms with Crippen molar-refractivity contribution in [1.29, 1.82) is 0 Å². The second kappa shape index (κ2) is 8.63. The summed E-state index contributed by atoms with van der Waals surface area (Å²) in [7, 11) is 0. The molecule has 1 heterocycles. The van der Waals surface area contributed by atoms with Gasteiger partial charge in [-0.05, 0) is 0 Å². The molecule has 0 radical (unpaired) electrons. The standard InChI is InChI=1S/C12H21N3O7/c16-9(17)12(10(18)19,11(20)21)15-5-3-13-1-2-14-4-7-22-8-6-15/h13-14H,1-8H2,(H,16,17)(H,18,19)(H,20,21). The Morgan fingerprint density at radius 3 is 1.91 bits per heavy atom. The maximum absolute atomic E-state index is 11.4. The van der Waals surface area contributed by atoms with Crippen molar-refractivity contribution in [2.45, 2.75) is 5.54 Å². The smallest absolute Gasteiger partial charge is 0.347 e. The van der Waals surface area contributed by atoms with E-state index in [1.807, 2.05) is 0 Å². The minimum Gasteiger partial charge on any atom is -0.479 e. The fourth-order valence-corrected chi connectivity index (χ4v) is 2.19. The summed E-state index contributed by atoms with van der Waals surface area (Å²) in [6.45, 7) is 2.37. The molecule has 10 heteroatoms. The molecular formula is C12H21N3O7. The Morgan fingerprint density at radius 1 is 0.818 bits per heavy atom. The minimum atomic E-state index is -3.02. The van der Waals surface area contributed by atoms with E-state index in [0.29, 0.717) is 26.2 Å². The third-order valence-corrected chi connectivity index (χ3v) is 3.37. The lowest BCUT2D eigenvalue weighted by Gasteiger charge is -2.34. The summed E-state index contributed by atoms with van der Waals surface area (Å²) in [5, 5.41) is 33.8. The fraction of sp³-hybridized carbons (Fsp3) is 0.750. The summed E-state index contributed by atoms with van der Waals surface area (Å²) >= 11 is 0. The van der Waals surface area contributed by atoms with Gasteiger partial charge in [-0.15, -0.1) is 0 Å². The molecule has 10 nitrogen and oxygen atoms in total. The van der Waals surface area contributed by atoms with Crippen molar-refractivity contribution >= 4 is 17.9 Å². The third kappa shape index (κ3) is 4.13. The molecule has 5 N–H and O–H groups in total. The van der Waals surface area contributed by atoms with E-state index in [-0.39, 0.29) is 26.2 Å². The molecule has 0 amide bonds. The maximum atomic E-state index is 11.4. The van der Waals surface area contributed by atoms with Crippen LogP contribution in [0.5, 0.6) is 0 Å². The lowest BCUT2D eigenvalue weighted by atomic mass is 9.97. The highest BCUT2D eigenvalue weighted by atomic mass is 16.5. The van der Waals surface area contributed by atoms with Gasteiger partial charge in [-0.1, -0.05) is 0 Å². The molecule has 1 rings (SSSR count). The van der Waals surface area contributed by atoms with Crippen LogP contribution in [0.3, 0.4) is 0 Å². The van der Waals surface area contributed by atoms with Crippen molar-refractivity contribution < 1.29 is 34.4 Å². The van der Waals surface area contributed by atoms with Crippen molar-refractivity contribution in [3.8, 4) is 0 Å². The summed E-state index contributed by atoms with van der Waals surface area (Å²) in [6, 6.07) is 0. The molecule has 1 aliphatic heterocycles. The molecule has 0 aromatic heterocycles. The maximum Gasteiger partial charge on any atom is 0.347 e. The topological polar surface area (TPSA) is 148 Å². The Bertz CT molecular complexity index is 367. The van der Waals surface area contributed by atoms with Gasteiger partial charge in [0.15, 0.2) is 0 Å². The average molecular weight is 319 g/mol. The predicted molar refractivity (Wildman–Crippen MR) is 73.8 cm³/mol. The van der Waals surface area contributed by atoms with Crippen LogP contribution in [-0.4, -0.2) is 96.1 Å². The average Bonchev–Trinajstić information content (AvgIpc) is 2.40. The molecule has 1 fully saturated rings. The molecule has 126 valence electrons. The minimum absolute atomic E-state index is 0.0390. The Hall–Kier alpha value is -1.75. The first-order valence-corrected chi connectivity index (χ1v) is 6.88. The van der Waals surface area contributed by atoms with Crippen LogP contribution in [-0.2, 0) is 19.1 Å². The largest absolute Gasteiger partial charge is 0.479 e. The zero-order valence-corrected chi connectivity index (χ0v) is 12.1. The zero-order valence-electron chi connectivity index (χ0n) is 12.1. The van der Waals surface area contributed by atoms with E-state index in [1.54, 1.807) is 0 Å². The van der Waals surface area contributed by atoms with Crippen molar-refractivity contribution in [1.82, 2.24) is 15.5 Å². The number of hydrogen-bond acceptors (Lipinski definition) is 7. The second-order valence-corrected chi connectivity index (χ2v) is 4.73. The molecule has 0 bridgehead atoms. The van der Waals surface area contributed by atoms with Crippen LogP contribution in [0.4, 0.5) is 0 Å². The first-order chi connectivity index (χ1) is 10.4. The predicted octanol–water partition coefficient (Wildman–Crippen LogP) is -2.51. The van der Waals surface area contributed by atoms with E-state index in [2.05, 4.69) is 10.6 Å². The normalized spacial score (nSPS) is 19.6. The first-order valence-electron chi connectivity index (χ1n) is 6.88. The summed E-state index contributed by atoms with van der Waals surface area (Å²) < 4.78 is 5.27. The van der Waals surface area contributed by atoms with Crippen molar-refractivity contribution in [2.24, 2.45) is 0 Å². The molecule has 0 aromatic rings. The number of carboxylic acids is 3. The molecule has 0 aliphatic carbocycles. The number of nitrogens with zero attached hydrogens (tertiary/aromatic N) is 1. The van der Waals surface area contributed by atoms with Gasteiger partial charge in [0.1, 0.15) is 0 Å². The van der Waals surface area contributed by atoms with Gasteiger partial charge in [0, 0.05) is 39.3 Å². The Morgan fingerprint density at radius 2 is 1.36 bits per heavy atom. The van der Waals surface area contributed by atoms with Crippen molar-refractivity contribution in [3.63, 3.8) is 0 Å². The van der Waals surface area contributed by atoms with Crippen LogP contribution in [0.15, 0.2) is 0 Å². The Balaban J connectivity index is 2.98. The summed E-state index contributed by atoms with van der Waals surface area (Å²) in [6.07, 6.45) is 0. The number of aliphatic carboxylic acids is 3. The van der Waals surface area contributed by atoms with E-state index >= 15 is 0 Å². The number of carbonyl (C=O) groups is 3. The monoisotopic (exact) mass is 319 g/mol. The zero-order chi connectivity index (χ0) is 16.6. The fourth-order valence-electron chi connectivity index (χ4n) is 2.19. The van der Waals surface area contributed by atoms with Gasteiger partial charge in [-0.3, -0.25) is 4.90 Å². The SMILES string of the molecule is O=C(O)C(C(=O)O)(C(=O)O)N1CCNCCNCCOCC1. The molecule has 0 aromatic carbocycles. The highest BCUT2D eigenvalue weighted by Gasteiger charge is 2.59. The summed E-state index contributed by atoms with van der Waals surface area (Å²) in [5.41, 5.74) is -3.02. The Kier molecular flexibility index (Phi) is 7.18. The second-order valence-electron chi connectivity index (χ2n) is 4.73. The number of ether oxygens (including phenoxy) is 1. The molecule has 1 aliphatic rings. The highest BCUT2D eigenvalue weighted by molar-refractivity contribution is 6.21. The van der Waals surface area contributed by atoms with Crippen LogP contribution >= 0.6 is 0 Å². The van der Waals surface area contributed by atoms with E-state index in [9.17, 15) is 29.7 Å². The molecular weight excluding hydrogens is 298 g/mol. The van der Waals surface area contributed by atoms with E-state index in [4.69, 9.17) is 4.74 Å². The lowest BCUT2D eigenvalue weighted by Crippen LogP contribution is -2.66. The number of hydrogen-bond donors (Lipinski definition) is 5. The number of rotatable bonds is 4. The first kappa shape index (κ1) is 18.3. The van der Waals surface area contributed by atoms with Gasteiger partial charge in [-0.2, -0.15) is 0 Å². The van der Waals surface area contributed by atoms with Crippen LogP contribution in [0.25, 0.3) is 0 Å². The lowest BCUT2D eigenvalue weighted by molar-refractivity contribution is -0.179. The highest BCUT2D eigenvalue weighted by Crippen LogP contribution is 2.17. The molecule has 1 saturated heterocycles. The van der Waals surface area contributed by atoms with E-state index in [1.165, 1.54) is 0 Å². The molecule has 0 unspecified atom stereocenters. The van der Waals surface area contributed by atoms with Crippen LogP contribution in [0.2, 0.25) is 0 Å². The van der Waals surface area contributed by atoms with Crippen LogP contribution < -0.4 is 10.6 Å². The molecule has 22 heavy (non-hydrogen) atoms. The van der Waals surface area contributed by atoms with Gasteiger partial charge < -0.3 is 30.7 Å². The number of carboxylic acid groups (broad SMARTS) is 3. The van der Waals surface area contributed by atoms with Gasteiger partial charge in [0.25, 0.3) is 0 Å². The van der Waals surface area contributed by atoms with E-state index < -0.39 is 23.4 Å². The van der Waals surface area contributed by atoms with Crippen molar-refractivity contribution in [3.05, 3.63) is 0 Å². The van der Waals surface area contributed by atoms with Gasteiger partial charge in [-0.25, -0.2) is 14.4 Å². The van der Waals surface area contributed by atoms with Crippen LogP contribution in [0, 0.1) is 0 Å². The summed E-state index contributed by atoms with van der Waals surface area (Å²) in [5.74, 6) is -5.79. The van der Waals surface area contributed by atoms with E-state index in [0.717, 1.165) is 4.90 Å². The van der Waals surface area contributed by atoms with Crippen molar-refractivity contribution in [2.75, 3.05) is 52.5 Å². The molecule has 0 atom stereocenters.